The molecule has 3 atom stereocenters. The Morgan fingerprint density at radius 3 is 3.00 bits per heavy atom. The summed E-state index contributed by atoms with van der Waals surface area (Å²) in [7, 11) is 0. The molecule has 0 fully saturated rings. The number of anilines is 1. The number of unbranched alkanes of at least 4 members (excludes halogenated alkanes) is 3. The van der Waals surface area contributed by atoms with Crippen molar-refractivity contribution < 1.29 is 4.74 Å². The number of allylic oxidation sites excluding steroid dienone is 2. The Morgan fingerprint density at radius 2 is 2.15 bits per heavy atom. The van der Waals surface area contributed by atoms with Crippen molar-refractivity contribution >= 4 is 5.69 Å². The number of ether oxygens (including phenoxy) is 1. The van der Waals surface area contributed by atoms with Crippen LogP contribution in [0.25, 0.3) is 0 Å². The lowest BCUT2D eigenvalue weighted by Crippen LogP contribution is -2.29. The molecule has 1 aliphatic heterocycles. The van der Waals surface area contributed by atoms with E-state index in [1.807, 2.05) is 18.5 Å². The third-order valence-electron chi connectivity index (χ3n) is 5.64. The minimum atomic E-state index is 0.317. The zero-order valence-electron chi connectivity index (χ0n) is 15.5. The van der Waals surface area contributed by atoms with Crippen LogP contribution in [0, 0.1) is 5.92 Å². The zero-order valence-corrected chi connectivity index (χ0v) is 15.5. The highest BCUT2D eigenvalue weighted by Crippen LogP contribution is 2.50. The summed E-state index contributed by atoms with van der Waals surface area (Å²) in [5.41, 5.74) is 3.87. The molecule has 2 aliphatic rings. The molecule has 1 aromatic carbocycles. The van der Waals surface area contributed by atoms with Crippen molar-refractivity contribution in [2.24, 2.45) is 5.92 Å². The first-order chi connectivity index (χ1) is 12.9. The normalized spacial score (nSPS) is 23.2. The molecule has 26 heavy (non-hydrogen) atoms. The van der Waals surface area contributed by atoms with E-state index in [2.05, 4.69) is 53.6 Å². The van der Waals surface area contributed by atoms with Crippen LogP contribution < -0.4 is 10.1 Å². The van der Waals surface area contributed by atoms with Crippen molar-refractivity contribution in [3.63, 3.8) is 0 Å². The van der Waals surface area contributed by atoms with Crippen molar-refractivity contribution in [3.05, 3.63) is 66.0 Å². The van der Waals surface area contributed by atoms with E-state index in [1.54, 1.807) is 0 Å². The molecule has 2 aromatic rings. The highest BCUT2D eigenvalue weighted by Gasteiger charge is 2.38. The van der Waals surface area contributed by atoms with Crippen molar-refractivity contribution in [2.45, 2.75) is 51.0 Å². The average molecular weight is 348 g/mol. The Hall–Kier alpha value is -2.29. The lowest BCUT2D eigenvalue weighted by atomic mass is 9.77. The summed E-state index contributed by atoms with van der Waals surface area (Å²) in [5.74, 6) is 2.01. The second-order valence-electron chi connectivity index (χ2n) is 7.42. The lowest BCUT2D eigenvalue weighted by Gasteiger charge is -2.37. The summed E-state index contributed by atoms with van der Waals surface area (Å²) < 4.78 is 6.02. The van der Waals surface area contributed by atoms with Gasteiger partial charge in [-0.3, -0.25) is 4.98 Å². The summed E-state index contributed by atoms with van der Waals surface area (Å²) in [5, 5.41) is 3.76. The molecule has 3 nitrogen and oxygen atoms in total. The van der Waals surface area contributed by atoms with Gasteiger partial charge in [0.2, 0.25) is 0 Å². The molecule has 0 amide bonds. The highest BCUT2D eigenvalue weighted by molar-refractivity contribution is 5.61. The van der Waals surface area contributed by atoms with Gasteiger partial charge in [0.05, 0.1) is 12.6 Å². The van der Waals surface area contributed by atoms with Crippen molar-refractivity contribution in [3.8, 4) is 5.75 Å². The van der Waals surface area contributed by atoms with Gasteiger partial charge in [0.1, 0.15) is 5.75 Å². The largest absolute Gasteiger partial charge is 0.494 e. The molecule has 3 heteroatoms. The number of rotatable bonds is 7. The van der Waals surface area contributed by atoms with E-state index < -0.39 is 0 Å². The van der Waals surface area contributed by atoms with Crippen LogP contribution in [0.5, 0.6) is 5.75 Å². The first-order valence-corrected chi connectivity index (χ1v) is 9.96. The quantitative estimate of drug-likeness (QED) is 0.502. The topological polar surface area (TPSA) is 34.1 Å². The van der Waals surface area contributed by atoms with E-state index >= 15 is 0 Å². The Morgan fingerprint density at radius 1 is 1.19 bits per heavy atom. The molecular formula is C23H28N2O. The van der Waals surface area contributed by atoms with Gasteiger partial charge < -0.3 is 10.1 Å². The van der Waals surface area contributed by atoms with Gasteiger partial charge in [-0.05, 0) is 54.2 Å². The van der Waals surface area contributed by atoms with E-state index in [1.165, 1.54) is 36.1 Å². The van der Waals surface area contributed by atoms with Gasteiger partial charge >= 0.3 is 0 Å². The maximum atomic E-state index is 6.02. The van der Waals surface area contributed by atoms with Crippen LogP contribution in [0.1, 0.15) is 62.1 Å². The number of nitrogens with one attached hydrogen (secondary N) is 1. The fourth-order valence-corrected chi connectivity index (χ4v) is 4.27. The summed E-state index contributed by atoms with van der Waals surface area (Å²) in [6, 6.07) is 11.1. The van der Waals surface area contributed by atoms with Crippen molar-refractivity contribution in [1.82, 2.24) is 4.98 Å². The summed E-state index contributed by atoms with van der Waals surface area (Å²) in [4.78, 5) is 4.32. The molecule has 0 bridgehead atoms. The number of fused-ring (bicyclic) bond motifs is 3. The lowest BCUT2D eigenvalue weighted by molar-refractivity contribution is 0.304. The molecular weight excluding hydrogens is 320 g/mol. The fourth-order valence-electron chi connectivity index (χ4n) is 4.27. The molecule has 0 radical (unpaired) electrons. The third kappa shape index (κ3) is 3.48. The van der Waals surface area contributed by atoms with Crippen LogP contribution in [0.15, 0.2) is 54.9 Å². The van der Waals surface area contributed by atoms with Gasteiger partial charge in [-0.25, -0.2) is 0 Å². The molecule has 0 saturated heterocycles. The zero-order chi connectivity index (χ0) is 17.8. The Kier molecular flexibility index (Phi) is 5.24. The molecule has 1 aliphatic carbocycles. The predicted molar refractivity (Wildman–Crippen MR) is 107 cm³/mol. The summed E-state index contributed by atoms with van der Waals surface area (Å²) >= 11 is 0. The maximum Gasteiger partial charge on any atom is 0.119 e. The van der Waals surface area contributed by atoms with Crippen LogP contribution in [-0.4, -0.2) is 11.6 Å². The van der Waals surface area contributed by atoms with Gasteiger partial charge in [-0.2, -0.15) is 0 Å². The van der Waals surface area contributed by atoms with Crippen LogP contribution in [0.3, 0.4) is 0 Å². The molecule has 0 spiro atoms. The van der Waals surface area contributed by atoms with Gasteiger partial charge in [0, 0.05) is 24.0 Å². The Balaban J connectivity index is 1.51. The van der Waals surface area contributed by atoms with Crippen LogP contribution >= 0.6 is 0 Å². The number of pyridine rings is 1. The minimum Gasteiger partial charge on any atom is -0.494 e. The molecule has 1 N–H and O–H groups in total. The summed E-state index contributed by atoms with van der Waals surface area (Å²) in [6.07, 6.45) is 14.6. The smallest absolute Gasteiger partial charge is 0.119 e. The maximum absolute atomic E-state index is 6.02. The standard InChI is InChI=1S/C23H28N2O/c1-2-3-4-5-14-26-18-11-12-22-21(15-18)19-9-6-10-20(19)23(25-22)17-8-7-13-24-16-17/h6-9,11-13,15-16,19-20,23,25H,2-5,10,14H2,1H3. The van der Waals surface area contributed by atoms with E-state index in [4.69, 9.17) is 4.74 Å². The van der Waals surface area contributed by atoms with Gasteiger partial charge in [-0.1, -0.05) is 44.4 Å². The number of hydrogen-bond acceptors (Lipinski definition) is 3. The minimum absolute atomic E-state index is 0.317. The van der Waals surface area contributed by atoms with Crippen molar-refractivity contribution in [2.75, 3.05) is 11.9 Å². The monoisotopic (exact) mass is 348 g/mol. The predicted octanol–water partition coefficient (Wildman–Crippen LogP) is 5.87. The third-order valence-corrected chi connectivity index (χ3v) is 5.64. The summed E-state index contributed by atoms with van der Waals surface area (Å²) in [6.45, 7) is 3.05. The molecule has 4 rings (SSSR count). The molecule has 136 valence electrons. The van der Waals surface area contributed by atoms with E-state index in [0.29, 0.717) is 17.9 Å². The van der Waals surface area contributed by atoms with Crippen LogP contribution in [-0.2, 0) is 0 Å². The Bertz CT molecular complexity index is 756. The number of aromatic nitrogens is 1. The highest BCUT2D eigenvalue weighted by atomic mass is 16.5. The SMILES string of the molecule is CCCCCCOc1ccc2c(c1)C1C=CCC1C(c1cccnc1)N2. The van der Waals surface area contributed by atoms with E-state index in [0.717, 1.165) is 25.2 Å². The fraction of sp³-hybridized carbons (Fsp3) is 0.435. The van der Waals surface area contributed by atoms with Gasteiger partial charge in [0.25, 0.3) is 0 Å². The van der Waals surface area contributed by atoms with E-state index in [9.17, 15) is 0 Å². The number of nitrogens with zero attached hydrogens (tertiary/aromatic N) is 1. The molecule has 2 heterocycles. The Labute approximate surface area is 156 Å². The van der Waals surface area contributed by atoms with Gasteiger partial charge in [-0.15, -0.1) is 0 Å². The molecule has 1 aromatic heterocycles. The first kappa shape index (κ1) is 17.1. The second kappa shape index (κ2) is 7.94. The number of benzene rings is 1. The first-order valence-electron chi connectivity index (χ1n) is 9.96. The molecule has 0 saturated carbocycles. The average Bonchev–Trinajstić information content (AvgIpc) is 3.18. The van der Waals surface area contributed by atoms with Gasteiger partial charge in [0.15, 0.2) is 0 Å². The number of hydrogen-bond donors (Lipinski definition) is 1. The molecule has 3 unspecified atom stereocenters. The van der Waals surface area contributed by atoms with E-state index in [-0.39, 0.29) is 0 Å². The van der Waals surface area contributed by atoms with Crippen LogP contribution in [0.4, 0.5) is 5.69 Å². The van der Waals surface area contributed by atoms with Crippen molar-refractivity contribution in [1.29, 1.82) is 0 Å². The second-order valence-corrected chi connectivity index (χ2v) is 7.42. The van der Waals surface area contributed by atoms with Crippen LogP contribution in [0.2, 0.25) is 0 Å².